The van der Waals surface area contributed by atoms with E-state index in [1.807, 2.05) is 0 Å². The predicted octanol–water partition coefficient (Wildman–Crippen LogP) is 1.79. The van der Waals surface area contributed by atoms with Gasteiger partial charge in [-0.25, -0.2) is 0 Å². The molecule has 0 amide bonds. The van der Waals surface area contributed by atoms with Gasteiger partial charge in [0.1, 0.15) is 0 Å². The van der Waals surface area contributed by atoms with Crippen molar-refractivity contribution in [2.45, 2.75) is 32.6 Å². The maximum atomic E-state index is 5.79. The molecular weight excluding hydrogens is 150 g/mol. The molecule has 72 valence electrons. The van der Waals surface area contributed by atoms with Crippen LogP contribution in [0.4, 0.5) is 0 Å². The standard InChI is InChI=1S/C10H21NO/c1-10(7-11,8-12-2)9-5-3-4-6-9/h9H,3-8,11H2,1-2H3. The van der Waals surface area contributed by atoms with E-state index in [1.54, 1.807) is 7.11 Å². The van der Waals surface area contributed by atoms with Crippen LogP contribution in [0.15, 0.2) is 0 Å². The Kier molecular flexibility index (Phi) is 3.53. The van der Waals surface area contributed by atoms with E-state index in [4.69, 9.17) is 10.5 Å². The lowest BCUT2D eigenvalue weighted by atomic mass is 9.77. The molecule has 1 saturated carbocycles. The largest absolute Gasteiger partial charge is 0.384 e. The third kappa shape index (κ3) is 1.99. The van der Waals surface area contributed by atoms with Gasteiger partial charge in [0.2, 0.25) is 0 Å². The van der Waals surface area contributed by atoms with Gasteiger partial charge >= 0.3 is 0 Å². The zero-order chi connectivity index (χ0) is 9.03. The smallest absolute Gasteiger partial charge is 0.0530 e. The fourth-order valence-electron chi connectivity index (χ4n) is 2.30. The second-order valence-corrected chi connectivity index (χ2v) is 4.27. The van der Waals surface area contributed by atoms with Gasteiger partial charge in [0.05, 0.1) is 6.61 Å². The van der Waals surface area contributed by atoms with Crippen LogP contribution in [0.5, 0.6) is 0 Å². The van der Waals surface area contributed by atoms with Gasteiger partial charge < -0.3 is 10.5 Å². The molecule has 0 saturated heterocycles. The first-order valence-electron chi connectivity index (χ1n) is 4.92. The predicted molar refractivity (Wildman–Crippen MR) is 51.0 cm³/mol. The molecule has 1 atom stereocenters. The van der Waals surface area contributed by atoms with Crippen molar-refractivity contribution in [2.75, 3.05) is 20.3 Å². The van der Waals surface area contributed by atoms with Gasteiger partial charge in [-0.05, 0) is 18.8 Å². The molecule has 1 fully saturated rings. The summed E-state index contributed by atoms with van der Waals surface area (Å²) in [6.45, 7) is 3.83. The van der Waals surface area contributed by atoms with E-state index in [0.717, 1.165) is 19.1 Å². The van der Waals surface area contributed by atoms with E-state index in [0.29, 0.717) is 0 Å². The van der Waals surface area contributed by atoms with Gasteiger partial charge in [0, 0.05) is 19.1 Å². The normalized spacial score (nSPS) is 24.2. The van der Waals surface area contributed by atoms with Gasteiger partial charge in [0.25, 0.3) is 0 Å². The Morgan fingerprint density at radius 2 is 2.00 bits per heavy atom. The van der Waals surface area contributed by atoms with Crippen LogP contribution in [-0.2, 0) is 4.74 Å². The van der Waals surface area contributed by atoms with Crippen LogP contribution in [-0.4, -0.2) is 20.3 Å². The molecule has 0 aromatic heterocycles. The van der Waals surface area contributed by atoms with Crippen LogP contribution in [0.3, 0.4) is 0 Å². The van der Waals surface area contributed by atoms with Crippen molar-refractivity contribution in [3.8, 4) is 0 Å². The number of hydrogen-bond acceptors (Lipinski definition) is 2. The van der Waals surface area contributed by atoms with Crippen molar-refractivity contribution < 1.29 is 4.74 Å². The summed E-state index contributed by atoms with van der Waals surface area (Å²) in [7, 11) is 1.77. The second kappa shape index (κ2) is 4.24. The third-order valence-electron chi connectivity index (χ3n) is 3.28. The molecule has 1 aliphatic carbocycles. The molecule has 0 radical (unpaired) electrons. The first-order chi connectivity index (χ1) is 5.73. The van der Waals surface area contributed by atoms with Gasteiger partial charge in [-0.1, -0.05) is 19.8 Å². The Morgan fingerprint density at radius 1 is 1.42 bits per heavy atom. The molecule has 0 aliphatic heterocycles. The summed E-state index contributed by atoms with van der Waals surface area (Å²) in [5, 5.41) is 0. The molecule has 1 rings (SSSR count). The molecule has 2 heteroatoms. The van der Waals surface area contributed by atoms with Crippen molar-refractivity contribution in [1.82, 2.24) is 0 Å². The Bertz CT molecular complexity index is 132. The Balaban J connectivity index is 2.51. The number of ether oxygens (including phenoxy) is 1. The number of hydrogen-bond donors (Lipinski definition) is 1. The summed E-state index contributed by atoms with van der Waals surface area (Å²) >= 11 is 0. The van der Waals surface area contributed by atoms with E-state index < -0.39 is 0 Å². The van der Waals surface area contributed by atoms with Gasteiger partial charge in [0.15, 0.2) is 0 Å². The summed E-state index contributed by atoms with van der Waals surface area (Å²) in [5.41, 5.74) is 6.02. The van der Waals surface area contributed by atoms with Crippen molar-refractivity contribution in [3.63, 3.8) is 0 Å². The van der Waals surface area contributed by atoms with Crippen LogP contribution in [0.25, 0.3) is 0 Å². The van der Waals surface area contributed by atoms with Crippen LogP contribution < -0.4 is 5.73 Å². The average molecular weight is 171 g/mol. The van der Waals surface area contributed by atoms with Crippen LogP contribution in [0.2, 0.25) is 0 Å². The van der Waals surface area contributed by atoms with Crippen molar-refractivity contribution in [3.05, 3.63) is 0 Å². The molecule has 1 aliphatic rings. The molecule has 12 heavy (non-hydrogen) atoms. The first kappa shape index (κ1) is 10.0. The fraction of sp³-hybridized carbons (Fsp3) is 1.00. The van der Waals surface area contributed by atoms with Crippen LogP contribution >= 0.6 is 0 Å². The number of nitrogens with two attached hydrogens (primary N) is 1. The summed E-state index contributed by atoms with van der Waals surface area (Å²) in [6.07, 6.45) is 5.45. The minimum atomic E-state index is 0.227. The highest BCUT2D eigenvalue weighted by Gasteiger charge is 2.34. The maximum absolute atomic E-state index is 5.79. The van der Waals surface area contributed by atoms with E-state index in [2.05, 4.69) is 6.92 Å². The van der Waals surface area contributed by atoms with Crippen LogP contribution in [0.1, 0.15) is 32.6 Å². The minimum Gasteiger partial charge on any atom is -0.384 e. The monoisotopic (exact) mass is 171 g/mol. The molecule has 0 aromatic carbocycles. The molecule has 0 aromatic rings. The van der Waals surface area contributed by atoms with Crippen molar-refractivity contribution >= 4 is 0 Å². The van der Waals surface area contributed by atoms with Crippen LogP contribution in [0, 0.1) is 11.3 Å². The highest BCUT2D eigenvalue weighted by molar-refractivity contribution is 4.86. The topological polar surface area (TPSA) is 35.2 Å². The summed E-state index contributed by atoms with van der Waals surface area (Å²) in [6, 6.07) is 0. The molecule has 0 heterocycles. The summed E-state index contributed by atoms with van der Waals surface area (Å²) in [5.74, 6) is 0.794. The number of methoxy groups -OCH3 is 1. The summed E-state index contributed by atoms with van der Waals surface area (Å²) in [4.78, 5) is 0. The van der Waals surface area contributed by atoms with E-state index >= 15 is 0 Å². The lowest BCUT2D eigenvalue weighted by molar-refractivity contribution is 0.0535. The molecular formula is C10H21NO. The molecule has 0 spiro atoms. The zero-order valence-corrected chi connectivity index (χ0v) is 8.31. The van der Waals surface area contributed by atoms with E-state index in [9.17, 15) is 0 Å². The van der Waals surface area contributed by atoms with E-state index in [-0.39, 0.29) is 5.41 Å². The Labute approximate surface area is 75.5 Å². The van der Waals surface area contributed by atoms with Gasteiger partial charge in [-0.2, -0.15) is 0 Å². The lowest BCUT2D eigenvalue weighted by Crippen LogP contribution is -2.38. The first-order valence-corrected chi connectivity index (χ1v) is 4.92. The molecule has 2 nitrogen and oxygen atoms in total. The Morgan fingerprint density at radius 3 is 2.42 bits per heavy atom. The quantitative estimate of drug-likeness (QED) is 0.700. The maximum Gasteiger partial charge on any atom is 0.0530 e. The fourth-order valence-corrected chi connectivity index (χ4v) is 2.30. The molecule has 1 unspecified atom stereocenters. The second-order valence-electron chi connectivity index (χ2n) is 4.27. The SMILES string of the molecule is COCC(C)(CN)C1CCCC1. The summed E-state index contributed by atoms with van der Waals surface area (Å²) < 4.78 is 5.23. The molecule has 2 N–H and O–H groups in total. The lowest BCUT2D eigenvalue weighted by Gasteiger charge is -2.33. The number of rotatable bonds is 4. The average Bonchev–Trinajstić information content (AvgIpc) is 2.57. The highest BCUT2D eigenvalue weighted by Crippen LogP contribution is 2.39. The molecule has 0 bridgehead atoms. The van der Waals surface area contributed by atoms with E-state index in [1.165, 1.54) is 25.7 Å². The Hall–Kier alpha value is -0.0800. The van der Waals surface area contributed by atoms with Gasteiger partial charge in [-0.15, -0.1) is 0 Å². The highest BCUT2D eigenvalue weighted by atomic mass is 16.5. The van der Waals surface area contributed by atoms with Crippen molar-refractivity contribution in [2.24, 2.45) is 17.1 Å². The van der Waals surface area contributed by atoms with Crippen molar-refractivity contribution in [1.29, 1.82) is 0 Å². The van der Waals surface area contributed by atoms with Gasteiger partial charge in [-0.3, -0.25) is 0 Å². The zero-order valence-electron chi connectivity index (χ0n) is 8.31. The third-order valence-corrected chi connectivity index (χ3v) is 3.28. The minimum absolute atomic E-state index is 0.227.